The molecule has 0 aliphatic heterocycles. The van der Waals surface area contributed by atoms with E-state index in [0.29, 0.717) is 0 Å². The van der Waals surface area contributed by atoms with Crippen LogP contribution in [0.4, 0.5) is 0 Å². The monoisotopic (exact) mass is 291 g/mol. The molecule has 0 bridgehead atoms. The van der Waals surface area contributed by atoms with E-state index in [-0.39, 0.29) is 18.2 Å². The molecule has 1 aliphatic rings. The van der Waals surface area contributed by atoms with Gasteiger partial charge in [-0.1, -0.05) is 26.2 Å². The molecule has 1 rings (SSSR count). The number of aliphatic carboxylic acids is 1. The molecule has 0 radical (unpaired) electrons. The molecule has 112 valence electrons. The number of carbonyl (C=O) groups is 1. The van der Waals surface area contributed by atoms with E-state index >= 15 is 0 Å². The van der Waals surface area contributed by atoms with Crippen LogP contribution in [0, 0.1) is 5.92 Å². The summed E-state index contributed by atoms with van der Waals surface area (Å²) in [6.45, 7) is 4.76. The summed E-state index contributed by atoms with van der Waals surface area (Å²) in [4.78, 5) is 11.3. The van der Waals surface area contributed by atoms with E-state index in [1.54, 1.807) is 6.92 Å². The lowest BCUT2D eigenvalue weighted by atomic mass is 9.91. The summed E-state index contributed by atoms with van der Waals surface area (Å²) in [5, 5.41) is 9.21. The Bertz CT molecular complexity index is 410. The number of nitrogens with zero attached hydrogens (tertiary/aromatic N) is 1. The van der Waals surface area contributed by atoms with Crippen molar-refractivity contribution >= 4 is 16.0 Å². The van der Waals surface area contributed by atoms with Gasteiger partial charge < -0.3 is 5.11 Å². The van der Waals surface area contributed by atoms with Gasteiger partial charge in [-0.3, -0.25) is 4.79 Å². The number of hydrogen-bond acceptors (Lipinski definition) is 3. The number of likely N-dealkylation sites (N-methyl/N-ethyl adjacent to an activating group) is 1. The summed E-state index contributed by atoms with van der Waals surface area (Å²) in [7, 11) is -3.52. The topological polar surface area (TPSA) is 74.7 Å². The van der Waals surface area contributed by atoms with Crippen molar-refractivity contribution in [1.82, 2.24) is 4.31 Å². The molecule has 1 N–H and O–H groups in total. The van der Waals surface area contributed by atoms with Gasteiger partial charge in [-0.25, -0.2) is 8.42 Å². The van der Waals surface area contributed by atoms with Crippen LogP contribution in [0.2, 0.25) is 0 Å². The van der Waals surface area contributed by atoms with Crippen molar-refractivity contribution in [2.75, 3.05) is 12.3 Å². The first-order valence-corrected chi connectivity index (χ1v) is 8.56. The normalized spacial score (nSPS) is 18.7. The lowest BCUT2D eigenvalue weighted by molar-refractivity contribution is -0.146. The summed E-state index contributed by atoms with van der Waals surface area (Å²) in [5.41, 5.74) is -1.39. The number of hydrogen-bond donors (Lipinski definition) is 1. The minimum absolute atomic E-state index is 0.0809. The van der Waals surface area contributed by atoms with Gasteiger partial charge in [0.25, 0.3) is 0 Å². The van der Waals surface area contributed by atoms with Gasteiger partial charge in [0.2, 0.25) is 10.0 Å². The summed E-state index contributed by atoms with van der Waals surface area (Å²) in [6.07, 6.45) is 5.20. The van der Waals surface area contributed by atoms with Crippen LogP contribution in [0.25, 0.3) is 0 Å². The largest absolute Gasteiger partial charge is 0.480 e. The fourth-order valence-corrected chi connectivity index (χ4v) is 5.06. The van der Waals surface area contributed by atoms with Crippen molar-refractivity contribution in [2.24, 2.45) is 5.92 Å². The molecule has 0 aromatic carbocycles. The summed E-state index contributed by atoms with van der Waals surface area (Å²) in [5.74, 6) is -0.851. The maximum Gasteiger partial charge on any atom is 0.324 e. The number of carboxylic acid groups (broad SMARTS) is 1. The smallest absolute Gasteiger partial charge is 0.324 e. The van der Waals surface area contributed by atoms with Gasteiger partial charge >= 0.3 is 5.97 Å². The van der Waals surface area contributed by atoms with Crippen LogP contribution in [0.15, 0.2) is 0 Å². The zero-order valence-corrected chi connectivity index (χ0v) is 12.9. The lowest BCUT2D eigenvalue weighted by Crippen LogP contribution is -2.54. The summed E-state index contributed by atoms with van der Waals surface area (Å²) < 4.78 is 26.0. The molecule has 1 fully saturated rings. The molecule has 6 heteroatoms. The minimum Gasteiger partial charge on any atom is -0.480 e. The number of sulfonamides is 1. The first-order valence-electron chi connectivity index (χ1n) is 6.95. The Morgan fingerprint density at radius 3 is 2.21 bits per heavy atom. The lowest BCUT2D eigenvalue weighted by Gasteiger charge is -2.34. The van der Waals surface area contributed by atoms with Gasteiger partial charge in [-0.15, -0.1) is 0 Å². The van der Waals surface area contributed by atoms with E-state index in [1.165, 1.54) is 20.3 Å². The van der Waals surface area contributed by atoms with Crippen molar-refractivity contribution in [3.05, 3.63) is 0 Å². The second-order valence-electron chi connectivity index (χ2n) is 5.81. The van der Waals surface area contributed by atoms with Crippen LogP contribution in [0.1, 0.15) is 52.9 Å². The van der Waals surface area contributed by atoms with E-state index in [4.69, 9.17) is 0 Å². The standard InChI is InChI=1S/C13H25NO4S/c1-4-14(13(2,3)12(15)16)19(17,18)10-11-8-6-5-7-9-11/h11H,4-10H2,1-3H3,(H,15,16). The molecule has 19 heavy (non-hydrogen) atoms. The molecular formula is C13H25NO4S. The molecule has 0 amide bonds. The quantitative estimate of drug-likeness (QED) is 0.813. The third-order valence-corrected chi connectivity index (χ3v) is 6.22. The Balaban J connectivity index is 2.86. The van der Waals surface area contributed by atoms with E-state index < -0.39 is 21.5 Å². The average molecular weight is 291 g/mol. The highest BCUT2D eigenvalue weighted by Crippen LogP contribution is 2.28. The van der Waals surface area contributed by atoms with Crippen molar-refractivity contribution in [1.29, 1.82) is 0 Å². The zero-order chi connectivity index (χ0) is 14.7. The second-order valence-corrected chi connectivity index (χ2v) is 7.75. The molecule has 1 saturated carbocycles. The highest BCUT2D eigenvalue weighted by Gasteiger charge is 2.41. The van der Waals surface area contributed by atoms with Gasteiger partial charge in [-0.05, 0) is 32.6 Å². The molecule has 0 spiro atoms. The number of carboxylic acids is 1. The van der Waals surface area contributed by atoms with Crippen molar-refractivity contribution < 1.29 is 18.3 Å². The third-order valence-electron chi connectivity index (χ3n) is 3.94. The van der Waals surface area contributed by atoms with Crippen LogP contribution in [0.5, 0.6) is 0 Å². The SMILES string of the molecule is CCN(C(C)(C)C(=O)O)S(=O)(=O)CC1CCCCC1. The average Bonchev–Trinajstić information content (AvgIpc) is 2.29. The Kier molecular flexibility index (Phi) is 5.38. The van der Waals surface area contributed by atoms with Crippen LogP contribution in [0.3, 0.4) is 0 Å². The van der Waals surface area contributed by atoms with Gasteiger partial charge in [0.1, 0.15) is 5.54 Å². The Labute approximate surface area is 116 Å². The van der Waals surface area contributed by atoms with Crippen molar-refractivity contribution in [2.45, 2.75) is 58.4 Å². The molecule has 0 atom stereocenters. The van der Waals surface area contributed by atoms with E-state index in [9.17, 15) is 18.3 Å². The first-order chi connectivity index (χ1) is 8.71. The maximum absolute atomic E-state index is 12.4. The Hall–Kier alpha value is -0.620. The molecule has 0 aromatic rings. The van der Waals surface area contributed by atoms with Gasteiger partial charge in [0.05, 0.1) is 5.75 Å². The minimum atomic E-state index is -3.52. The predicted molar refractivity (Wildman–Crippen MR) is 74.5 cm³/mol. The van der Waals surface area contributed by atoms with E-state index in [1.807, 2.05) is 0 Å². The summed E-state index contributed by atoms with van der Waals surface area (Å²) >= 11 is 0. The second kappa shape index (κ2) is 6.22. The first kappa shape index (κ1) is 16.4. The van der Waals surface area contributed by atoms with Crippen molar-refractivity contribution in [3.63, 3.8) is 0 Å². The molecule has 0 unspecified atom stereocenters. The highest BCUT2D eigenvalue weighted by atomic mass is 32.2. The van der Waals surface area contributed by atoms with Crippen LogP contribution < -0.4 is 0 Å². The fourth-order valence-electron chi connectivity index (χ4n) is 2.79. The van der Waals surface area contributed by atoms with E-state index in [2.05, 4.69) is 0 Å². The van der Waals surface area contributed by atoms with Gasteiger partial charge in [-0.2, -0.15) is 4.31 Å². The molecule has 0 heterocycles. The maximum atomic E-state index is 12.4. The summed E-state index contributed by atoms with van der Waals surface area (Å²) in [6, 6.07) is 0. The predicted octanol–water partition coefficient (Wildman–Crippen LogP) is 2.08. The van der Waals surface area contributed by atoms with Crippen LogP contribution in [-0.4, -0.2) is 41.6 Å². The third kappa shape index (κ3) is 3.92. The van der Waals surface area contributed by atoms with Gasteiger partial charge in [0.15, 0.2) is 0 Å². The fraction of sp³-hybridized carbons (Fsp3) is 0.923. The Morgan fingerprint density at radius 2 is 1.79 bits per heavy atom. The Morgan fingerprint density at radius 1 is 1.26 bits per heavy atom. The van der Waals surface area contributed by atoms with Gasteiger partial charge in [0, 0.05) is 6.54 Å². The highest BCUT2D eigenvalue weighted by molar-refractivity contribution is 7.89. The molecule has 0 aromatic heterocycles. The molecular weight excluding hydrogens is 266 g/mol. The van der Waals surface area contributed by atoms with E-state index in [0.717, 1.165) is 30.0 Å². The van der Waals surface area contributed by atoms with Crippen molar-refractivity contribution in [3.8, 4) is 0 Å². The molecule has 1 aliphatic carbocycles. The number of rotatable bonds is 6. The molecule has 0 saturated heterocycles. The van der Waals surface area contributed by atoms with Crippen LogP contribution >= 0.6 is 0 Å². The van der Waals surface area contributed by atoms with Crippen LogP contribution in [-0.2, 0) is 14.8 Å². The molecule has 5 nitrogen and oxygen atoms in total. The zero-order valence-electron chi connectivity index (χ0n) is 12.1.